The van der Waals surface area contributed by atoms with Crippen molar-refractivity contribution in [1.29, 1.82) is 0 Å². The lowest BCUT2D eigenvalue weighted by molar-refractivity contribution is 0.259. The third-order valence-electron chi connectivity index (χ3n) is 4.80. The van der Waals surface area contributed by atoms with Gasteiger partial charge in [0.25, 0.3) is 0 Å². The SMILES string of the molecule is CN(c1ccc(O)cc1)C1CN(S(=O)(=O)c2ccc3cc[nH]c3c2)C1. The lowest BCUT2D eigenvalue weighted by Gasteiger charge is -2.43. The lowest BCUT2D eigenvalue weighted by Crippen LogP contribution is -2.60. The molecule has 2 heterocycles. The fraction of sp³-hybridized carbons (Fsp3) is 0.222. The summed E-state index contributed by atoms with van der Waals surface area (Å²) in [6.45, 7) is 0.894. The molecule has 0 radical (unpaired) electrons. The Morgan fingerprint density at radius 1 is 1.12 bits per heavy atom. The van der Waals surface area contributed by atoms with Gasteiger partial charge in [0.1, 0.15) is 5.75 Å². The summed E-state index contributed by atoms with van der Waals surface area (Å²) in [7, 11) is -1.54. The van der Waals surface area contributed by atoms with Crippen LogP contribution in [0.5, 0.6) is 5.75 Å². The summed E-state index contributed by atoms with van der Waals surface area (Å²) in [5, 5.41) is 10.4. The normalized spacial score (nSPS) is 16.0. The minimum atomic E-state index is -3.48. The molecule has 1 aromatic heterocycles. The predicted molar refractivity (Wildman–Crippen MR) is 97.4 cm³/mol. The van der Waals surface area contributed by atoms with Gasteiger partial charge < -0.3 is 15.0 Å². The minimum absolute atomic E-state index is 0.119. The Morgan fingerprint density at radius 3 is 2.56 bits per heavy atom. The molecule has 0 spiro atoms. The van der Waals surface area contributed by atoms with E-state index in [9.17, 15) is 13.5 Å². The molecule has 7 heteroatoms. The number of benzene rings is 2. The average molecular weight is 357 g/mol. The highest BCUT2D eigenvalue weighted by molar-refractivity contribution is 7.89. The maximum atomic E-state index is 12.8. The first-order valence-electron chi connectivity index (χ1n) is 8.04. The number of aromatic hydroxyl groups is 1. The van der Waals surface area contributed by atoms with E-state index in [1.165, 1.54) is 4.31 Å². The van der Waals surface area contributed by atoms with Crippen LogP contribution in [-0.4, -0.2) is 49.0 Å². The van der Waals surface area contributed by atoms with E-state index in [1.54, 1.807) is 30.5 Å². The predicted octanol–water partition coefficient (Wildman–Crippen LogP) is 2.38. The highest BCUT2D eigenvalue weighted by Crippen LogP contribution is 2.28. The van der Waals surface area contributed by atoms with Crippen LogP contribution in [0.15, 0.2) is 59.6 Å². The summed E-state index contributed by atoms with van der Waals surface area (Å²) < 4.78 is 27.1. The largest absolute Gasteiger partial charge is 0.508 e. The Morgan fingerprint density at radius 2 is 1.84 bits per heavy atom. The van der Waals surface area contributed by atoms with Crippen molar-refractivity contribution in [3.63, 3.8) is 0 Å². The maximum absolute atomic E-state index is 12.8. The van der Waals surface area contributed by atoms with Crippen molar-refractivity contribution in [1.82, 2.24) is 9.29 Å². The van der Waals surface area contributed by atoms with Gasteiger partial charge in [-0.15, -0.1) is 0 Å². The molecule has 3 aromatic rings. The van der Waals surface area contributed by atoms with Crippen LogP contribution < -0.4 is 4.90 Å². The average Bonchev–Trinajstić information content (AvgIpc) is 3.01. The Hall–Kier alpha value is -2.51. The topological polar surface area (TPSA) is 76.6 Å². The number of likely N-dealkylation sites (N-methyl/N-ethyl adjacent to an activating group) is 1. The van der Waals surface area contributed by atoms with E-state index in [2.05, 4.69) is 4.98 Å². The smallest absolute Gasteiger partial charge is 0.243 e. The summed E-state index contributed by atoms with van der Waals surface area (Å²) >= 11 is 0. The first kappa shape index (κ1) is 16.0. The van der Waals surface area contributed by atoms with Gasteiger partial charge in [-0.3, -0.25) is 0 Å². The van der Waals surface area contributed by atoms with Crippen LogP contribution >= 0.6 is 0 Å². The number of rotatable bonds is 4. The molecule has 25 heavy (non-hydrogen) atoms. The molecule has 1 aliphatic heterocycles. The summed E-state index contributed by atoms with van der Waals surface area (Å²) in [5.74, 6) is 0.217. The quantitative estimate of drug-likeness (QED) is 0.752. The third kappa shape index (κ3) is 2.75. The molecule has 4 rings (SSSR count). The van der Waals surface area contributed by atoms with Crippen LogP contribution in [0, 0.1) is 0 Å². The molecule has 1 aliphatic rings. The van der Waals surface area contributed by atoms with Crippen molar-refractivity contribution in [3.8, 4) is 5.75 Å². The number of phenols is 1. The molecule has 0 bridgehead atoms. The summed E-state index contributed by atoms with van der Waals surface area (Å²) in [4.78, 5) is 5.40. The van der Waals surface area contributed by atoms with E-state index in [-0.39, 0.29) is 11.8 Å². The van der Waals surface area contributed by atoms with E-state index >= 15 is 0 Å². The Labute approximate surface area is 146 Å². The number of H-pyrrole nitrogens is 1. The van der Waals surface area contributed by atoms with Gasteiger partial charge in [-0.1, -0.05) is 6.07 Å². The van der Waals surface area contributed by atoms with Gasteiger partial charge in [0.2, 0.25) is 10.0 Å². The number of hydrogen-bond acceptors (Lipinski definition) is 4. The molecule has 2 N–H and O–H groups in total. The van der Waals surface area contributed by atoms with Gasteiger partial charge in [0.15, 0.2) is 0 Å². The lowest BCUT2D eigenvalue weighted by atomic mass is 10.1. The monoisotopic (exact) mass is 357 g/mol. The fourth-order valence-electron chi connectivity index (χ4n) is 3.09. The van der Waals surface area contributed by atoms with E-state index in [0.717, 1.165) is 16.6 Å². The van der Waals surface area contributed by atoms with Crippen LogP contribution in [-0.2, 0) is 10.0 Å². The van der Waals surface area contributed by atoms with Gasteiger partial charge in [0.05, 0.1) is 10.9 Å². The second kappa shape index (κ2) is 5.79. The molecule has 0 atom stereocenters. The Balaban J connectivity index is 1.49. The minimum Gasteiger partial charge on any atom is -0.508 e. The van der Waals surface area contributed by atoms with Gasteiger partial charge in [-0.25, -0.2) is 8.42 Å². The molecule has 1 saturated heterocycles. The van der Waals surface area contributed by atoms with Crippen LogP contribution in [0.1, 0.15) is 0 Å². The molecule has 0 aliphatic carbocycles. The number of phenolic OH excluding ortho intramolecular Hbond substituents is 1. The molecule has 0 saturated carbocycles. The number of anilines is 1. The Bertz CT molecular complexity index is 1010. The summed E-state index contributed by atoms with van der Waals surface area (Å²) in [6.07, 6.45) is 1.80. The van der Waals surface area contributed by atoms with Gasteiger partial charge in [-0.05, 0) is 47.9 Å². The van der Waals surface area contributed by atoms with Crippen molar-refractivity contribution in [2.75, 3.05) is 25.0 Å². The van der Waals surface area contributed by atoms with Gasteiger partial charge >= 0.3 is 0 Å². The number of nitrogens with zero attached hydrogens (tertiary/aromatic N) is 2. The zero-order valence-electron chi connectivity index (χ0n) is 13.8. The van der Waals surface area contributed by atoms with Crippen LogP contribution in [0.25, 0.3) is 10.9 Å². The van der Waals surface area contributed by atoms with Crippen LogP contribution in [0.4, 0.5) is 5.69 Å². The van der Waals surface area contributed by atoms with Crippen LogP contribution in [0.3, 0.4) is 0 Å². The molecular formula is C18H19N3O3S. The first-order chi connectivity index (χ1) is 11.9. The van der Waals surface area contributed by atoms with Gasteiger partial charge in [0, 0.05) is 37.5 Å². The van der Waals surface area contributed by atoms with E-state index in [0.29, 0.717) is 18.0 Å². The number of nitrogens with one attached hydrogen (secondary N) is 1. The molecule has 2 aromatic carbocycles. The highest BCUT2D eigenvalue weighted by Gasteiger charge is 2.38. The molecule has 0 unspecified atom stereocenters. The Kier molecular flexibility index (Phi) is 3.70. The first-order valence-corrected chi connectivity index (χ1v) is 9.48. The third-order valence-corrected chi connectivity index (χ3v) is 6.63. The zero-order valence-corrected chi connectivity index (χ0v) is 14.6. The van der Waals surface area contributed by atoms with Crippen molar-refractivity contribution in [2.24, 2.45) is 0 Å². The standard InChI is InChI=1S/C18H19N3O3S/c1-20(14-3-5-16(22)6-4-14)15-11-21(12-15)25(23,24)17-7-2-13-8-9-19-18(13)10-17/h2-10,15,19,22H,11-12H2,1H3. The van der Waals surface area contributed by atoms with E-state index in [1.807, 2.05) is 36.2 Å². The van der Waals surface area contributed by atoms with E-state index < -0.39 is 10.0 Å². The molecule has 130 valence electrons. The number of aromatic nitrogens is 1. The van der Waals surface area contributed by atoms with Crippen molar-refractivity contribution in [3.05, 3.63) is 54.7 Å². The number of sulfonamides is 1. The van der Waals surface area contributed by atoms with Gasteiger partial charge in [-0.2, -0.15) is 4.31 Å². The van der Waals surface area contributed by atoms with Crippen molar-refractivity contribution in [2.45, 2.75) is 10.9 Å². The second-order valence-electron chi connectivity index (χ2n) is 6.33. The molecular weight excluding hydrogens is 338 g/mol. The maximum Gasteiger partial charge on any atom is 0.243 e. The van der Waals surface area contributed by atoms with Crippen molar-refractivity contribution >= 4 is 26.6 Å². The number of hydrogen-bond donors (Lipinski definition) is 2. The van der Waals surface area contributed by atoms with Crippen molar-refractivity contribution < 1.29 is 13.5 Å². The summed E-state index contributed by atoms with van der Waals surface area (Å²) in [5.41, 5.74) is 1.77. The molecule has 0 amide bonds. The molecule has 6 nitrogen and oxygen atoms in total. The number of aromatic amines is 1. The second-order valence-corrected chi connectivity index (χ2v) is 8.27. The molecule has 1 fully saturated rings. The summed E-state index contributed by atoms with van der Waals surface area (Å²) in [6, 6.07) is 14.1. The van der Waals surface area contributed by atoms with E-state index in [4.69, 9.17) is 0 Å². The highest BCUT2D eigenvalue weighted by atomic mass is 32.2. The zero-order chi connectivity index (χ0) is 17.6. The van der Waals surface area contributed by atoms with Crippen LogP contribution in [0.2, 0.25) is 0 Å². The number of fused-ring (bicyclic) bond motifs is 1. The fourth-order valence-corrected chi connectivity index (χ4v) is 4.63.